The van der Waals surface area contributed by atoms with Gasteiger partial charge in [0.25, 0.3) is 0 Å². The Balaban J connectivity index is 2.54. The normalized spacial score (nSPS) is 10.5. The van der Waals surface area contributed by atoms with Crippen LogP contribution in [0.1, 0.15) is 16.1 Å². The lowest BCUT2D eigenvalue weighted by atomic mass is 10.0. The number of nitrogens with zero attached hydrogens (tertiary/aromatic N) is 2. The number of rotatable bonds is 5. The monoisotopic (exact) mass is 359 g/mol. The molecule has 1 aromatic heterocycles. The number of ketones is 1. The number of carbonyl (C=O) groups is 1. The van der Waals surface area contributed by atoms with Gasteiger partial charge in [0.05, 0.1) is 26.1 Å². The molecule has 2 rings (SSSR count). The number of nitrogens with one attached hydrogen (secondary N) is 1. The molecule has 21 heavy (non-hydrogen) atoms. The maximum absolute atomic E-state index is 12.8. The molecule has 4 nitrogen and oxygen atoms in total. The third-order valence-corrected chi connectivity index (χ3v) is 5.54. The molecule has 0 bridgehead atoms. The minimum absolute atomic E-state index is 0.166. The Morgan fingerprint density at radius 2 is 1.90 bits per heavy atom. The summed E-state index contributed by atoms with van der Waals surface area (Å²) in [6, 6.07) is 4.81. The number of hydrogen-bond acceptors (Lipinski definition) is 5. The molecule has 0 radical (unpaired) electrons. The van der Waals surface area contributed by atoms with Crippen LogP contribution in [0.2, 0.25) is 10.0 Å². The predicted octanol–water partition coefficient (Wildman–Crippen LogP) is 4.39. The van der Waals surface area contributed by atoms with Crippen LogP contribution >= 0.6 is 46.7 Å². The first-order valence-electron chi connectivity index (χ1n) is 5.76. The summed E-state index contributed by atoms with van der Waals surface area (Å²) in [6.45, 7) is 0. The van der Waals surface area contributed by atoms with Crippen LogP contribution in [0.4, 0.5) is 0 Å². The van der Waals surface area contributed by atoms with Crippen molar-refractivity contribution < 1.29 is 4.79 Å². The average Bonchev–Trinajstić information content (AvgIpc) is 3.00. The van der Waals surface area contributed by atoms with Gasteiger partial charge in [0, 0.05) is 5.56 Å². The van der Waals surface area contributed by atoms with Gasteiger partial charge in [-0.15, -0.1) is 23.5 Å². The number of aromatic amines is 1. The number of carbonyl (C=O) groups excluding carboxylic acids is 1. The number of allylic oxidation sites excluding steroid dienone is 1. The Kier molecular flexibility index (Phi) is 5.75. The molecule has 0 saturated carbocycles. The molecule has 0 fully saturated rings. The first-order valence-corrected chi connectivity index (χ1v) is 8.97. The molecule has 0 unspecified atom stereocenters. The lowest BCUT2D eigenvalue weighted by molar-refractivity contribution is 0.105. The molecule has 0 aliphatic carbocycles. The summed E-state index contributed by atoms with van der Waals surface area (Å²) in [5.74, 6) is -0.166. The highest BCUT2D eigenvalue weighted by molar-refractivity contribution is 8.22. The lowest BCUT2D eigenvalue weighted by Gasteiger charge is -2.09. The van der Waals surface area contributed by atoms with Crippen LogP contribution in [0, 0.1) is 0 Å². The topological polar surface area (TPSA) is 58.6 Å². The van der Waals surface area contributed by atoms with E-state index >= 15 is 0 Å². The first kappa shape index (κ1) is 16.4. The largest absolute Gasteiger partial charge is 0.288 e. The summed E-state index contributed by atoms with van der Waals surface area (Å²) in [5.41, 5.74) is 1.47. The standard InChI is InChI=1S/C13H11Cl2N3OS2/c1-20-13(21-2)11(10-6-16-18-17-10)12(19)7-3-4-8(14)9(15)5-7/h3-6H,1-2H3,(H,16,17,18). The van der Waals surface area contributed by atoms with E-state index in [0.29, 0.717) is 26.9 Å². The zero-order valence-electron chi connectivity index (χ0n) is 11.2. The summed E-state index contributed by atoms with van der Waals surface area (Å²) < 4.78 is 0.861. The third kappa shape index (κ3) is 3.63. The van der Waals surface area contributed by atoms with Gasteiger partial charge in [0.1, 0.15) is 5.69 Å². The van der Waals surface area contributed by atoms with Crippen molar-refractivity contribution in [3.8, 4) is 0 Å². The highest BCUT2D eigenvalue weighted by Gasteiger charge is 2.21. The molecule has 0 spiro atoms. The van der Waals surface area contributed by atoms with Crippen LogP contribution < -0.4 is 0 Å². The Morgan fingerprint density at radius 3 is 2.43 bits per heavy atom. The van der Waals surface area contributed by atoms with E-state index in [1.807, 2.05) is 12.5 Å². The highest BCUT2D eigenvalue weighted by Crippen LogP contribution is 2.35. The van der Waals surface area contributed by atoms with E-state index in [0.717, 1.165) is 4.24 Å². The fraction of sp³-hybridized carbons (Fsp3) is 0.154. The Labute approximate surface area is 140 Å². The minimum Gasteiger partial charge on any atom is -0.288 e. The van der Waals surface area contributed by atoms with E-state index in [9.17, 15) is 4.79 Å². The average molecular weight is 360 g/mol. The number of thioether (sulfide) groups is 2. The number of benzene rings is 1. The third-order valence-electron chi connectivity index (χ3n) is 2.65. The lowest BCUT2D eigenvalue weighted by Crippen LogP contribution is -2.05. The van der Waals surface area contributed by atoms with Gasteiger partial charge >= 0.3 is 0 Å². The number of Topliss-reactive ketones (excluding diaryl/α,β-unsaturated/α-hetero) is 1. The molecule has 8 heteroatoms. The second-order valence-corrected chi connectivity index (χ2v) is 6.59. The highest BCUT2D eigenvalue weighted by atomic mass is 35.5. The van der Waals surface area contributed by atoms with Crippen LogP contribution in [-0.2, 0) is 0 Å². The van der Waals surface area contributed by atoms with Crippen molar-refractivity contribution in [3.05, 3.63) is 49.9 Å². The summed E-state index contributed by atoms with van der Waals surface area (Å²) >= 11 is 14.9. The second kappa shape index (κ2) is 7.35. The second-order valence-electron chi connectivity index (χ2n) is 3.88. The van der Waals surface area contributed by atoms with Crippen molar-refractivity contribution in [1.29, 1.82) is 0 Å². The van der Waals surface area contributed by atoms with E-state index in [4.69, 9.17) is 23.2 Å². The first-order chi connectivity index (χ1) is 10.1. The van der Waals surface area contributed by atoms with Gasteiger partial charge < -0.3 is 0 Å². The molecule has 0 aliphatic rings. The van der Waals surface area contributed by atoms with Gasteiger partial charge in [-0.2, -0.15) is 15.4 Å². The van der Waals surface area contributed by atoms with Crippen LogP contribution in [0.5, 0.6) is 0 Å². The molecule has 1 N–H and O–H groups in total. The number of halogens is 2. The van der Waals surface area contributed by atoms with E-state index in [1.54, 1.807) is 18.2 Å². The van der Waals surface area contributed by atoms with Crippen LogP contribution in [-0.4, -0.2) is 33.7 Å². The maximum Gasteiger partial charge on any atom is 0.197 e. The predicted molar refractivity (Wildman–Crippen MR) is 91.1 cm³/mol. The maximum atomic E-state index is 12.8. The van der Waals surface area contributed by atoms with E-state index in [-0.39, 0.29) is 5.78 Å². The number of H-pyrrole nitrogens is 1. The summed E-state index contributed by atoms with van der Waals surface area (Å²) in [7, 11) is 0. The van der Waals surface area contributed by atoms with Crippen molar-refractivity contribution in [3.63, 3.8) is 0 Å². The SMILES string of the molecule is CSC(SC)=C(C(=O)c1ccc(Cl)c(Cl)c1)c1cn[nH]n1. The smallest absolute Gasteiger partial charge is 0.197 e. The summed E-state index contributed by atoms with van der Waals surface area (Å²) in [5, 5.41) is 11.1. The van der Waals surface area contributed by atoms with Gasteiger partial charge in [-0.1, -0.05) is 23.2 Å². The van der Waals surface area contributed by atoms with Crippen molar-refractivity contribution in [2.24, 2.45) is 0 Å². The van der Waals surface area contributed by atoms with Crippen LogP contribution in [0.15, 0.2) is 28.6 Å². The van der Waals surface area contributed by atoms with Crippen molar-refractivity contribution >= 4 is 58.1 Å². The summed E-state index contributed by atoms with van der Waals surface area (Å²) in [4.78, 5) is 12.8. The van der Waals surface area contributed by atoms with Crippen molar-refractivity contribution in [2.75, 3.05) is 12.5 Å². The molecule has 110 valence electrons. The Hall–Kier alpha value is -0.950. The number of hydrogen-bond donors (Lipinski definition) is 1. The molecular formula is C13H11Cl2N3OS2. The quantitative estimate of drug-likeness (QED) is 0.633. The van der Waals surface area contributed by atoms with Crippen LogP contribution in [0.25, 0.3) is 5.57 Å². The molecule has 0 amide bonds. The fourth-order valence-electron chi connectivity index (χ4n) is 1.70. The van der Waals surface area contributed by atoms with E-state index < -0.39 is 0 Å². The van der Waals surface area contributed by atoms with Gasteiger partial charge in [-0.25, -0.2) is 0 Å². The Morgan fingerprint density at radius 1 is 1.19 bits per heavy atom. The van der Waals surface area contributed by atoms with E-state index in [2.05, 4.69) is 15.4 Å². The molecule has 1 aromatic carbocycles. The fourth-order valence-corrected chi connectivity index (χ4v) is 3.47. The van der Waals surface area contributed by atoms with Crippen molar-refractivity contribution in [1.82, 2.24) is 15.4 Å². The zero-order chi connectivity index (χ0) is 15.4. The van der Waals surface area contributed by atoms with Gasteiger partial charge in [0.2, 0.25) is 0 Å². The Bertz CT molecular complexity index is 681. The number of aromatic nitrogens is 3. The molecule has 0 atom stereocenters. The molecular weight excluding hydrogens is 349 g/mol. The minimum atomic E-state index is -0.166. The summed E-state index contributed by atoms with van der Waals surface area (Å²) in [6.07, 6.45) is 5.35. The molecule has 1 heterocycles. The molecule has 0 aliphatic heterocycles. The van der Waals surface area contributed by atoms with Gasteiger partial charge in [-0.3, -0.25) is 4.79 Å². The van der Waals surface area contributed by atoms with Gasteiger partial charge in [0.15, 0.2) is 5.78 Å². The molecule has 2 aromatic rings. The van der Waals surface area contributed by atoms with Crippen molar-refractivity contribution in [2.45, 2.75) is 0 Å². The molecule has 0 saturated heterocycles. The zero-order valence-corrected chi connectivity index (χ0v) is 14.3. The van der Waals surface area contributed by atoms with Crippen LogP contribution in [0.3, 0.4) is 0 Å². The van der Waals surface area contributed by atoms with E-state index in [1.165, 1.54) is 29.7 Å². The van der Waals surface area contributed by atoms with Gasteiger partial charge in [-0.05, 0) is 30.7 Å².